The van der Waals surface area contributed by atoms with Gasteiger partial charge < -0.3 is 10.6 Å². The summed E-state index contributed by atoms with van der Waals surface area (Å²) in [6, 6.07) is 7.87. The van der Waals surface area contributed by atoms with E-state index in [1.54, 1.807) is 14.0 Å². The van der Waals surface area contributed by atoms with Crippen molar-refractivity contribution in [1.82, 2.24) is 9.78 Å². The lowest BCUT2D eigenvalue weighted by atomic mass is 10.1. The second-order valence-corrected chi connectivity index (χ2v) is 7.29. The van der Waals surface area contributed by atoms with Crippen molar-refractivity contribution in [2.75, 3.05) is 10.6 Å². The Balaban J connectivity index is 1.82. The van der Waals surface area contributed by atoms with Gasteiger partial charge in [0, 0.05) is 24.4 Å². The Morgan fingerprint density at radius 3 is 2.42 bits per heavy atom. The average Bonchev–Trinajstić information content (AvgIpc) is 2.98. The van der Waals surface area contributed by atoms with Gasteiger partial charge in [0.1, 0.15) is 11.0 Å². The number of hydrogen-bond acceptors (Lipinski definition) is 3. The molecule has 0 aliphatic rings. The minimum atomic E-state index is -4.84. The molecule has 2 N–H and O–H groups in total. The second kappa shape index (κ2) is 9.45. The normalized spacial score (nSPS) is 11.6. The van der Waals surface area contributed by atoms with Crippen LogP contribution in [0.15, 0.2) is 48.5 Å². The molecule has 1 heterocycles. The third kappa shape index (κ3) is 5.58. The van der Waals surface area contributed by atoms with Gasteiger partial charge in [0.25, 0.3) is 5.91 Å². The number of hydrogen-bond donors (Lipinski definition) is 2. The van der Waals surface area contributed by atoms with E-state index in [1.807, 2.05) is 0 Å². The molecule has 0 unspecified atom stereocenters. The number of anilines is 2. The smallest absolute Gasteiger partial charge is 0.322 e. The van der Waals surface area contributed by atoms with E-state index in [9.17, 15) is 27.2 Å². The highest BCUT2D eigenvalue weighted by atomic mass is 35.5. The molecule has 0 aliphatic heterocycles. The van der Waals surface area contributed by atoms with Crippen LogP contribution in [-0.2, 0) is 18.0 Å². The van der Waals surface area contributed by atoms with Crippen LogP contribution in [0.3, 0.4) is 0 Å². The molecule has 3 aromatic rings. The monoisotopic (exact) mass is 480 g/mol. The van der Waals surface area contributed by atoms with Gasteiger partial charge in [0.2, 0.25) is 5.91 Å². The van der Waals surface area contributed by atoms with E-state index in [4.69, 9.17) is 11.6 Å². The van der Waals surface area contributed by atoms with Crippen LogP contribution in [0.1, 0.15) is 27.2 Å². The Labute approximate surface area is 190 Å². The number of halogens is 5. The van der Waals surface area contributed by atoms with Gasteiger partial charge in [-0.15, -0.1) is 0 Å². The standard InChI is InChI=1S/C22H17ClF4N4O2/c1-12-14(20(23)31(2)30-12)8-10-19(32)29-18-9-7-13(11-16(18)22(25,26)27)28-21(33)15-5-3-4-6-17(15)24/h3-11H,1-2H3,(H,28,33)(H,29,32)/b10-8+. The van der Waals surface area contributed by atoms with E-state index in [2.05, 4.69) is 15.7 Å². The minimum absolute atomic E-state index is 0.220. The summed E-state index contributed by atoms with van der Waals surface area (Å²) in [5.41, 5.74) is -1.25. The SMILES string of the molecule is Cc1nn(C)c(Cl)c1/C=C/C(=O)Nc1ccc(NC(=O)c2ccccc2F)cc1C(F)(F)F. The van der Waals surface area contributed by atoms with Gasteiger partial charge >= 0.3 is 6.18 Å². The quantitative estimate of drug-likeness (QED) is 0.377. The molecular formula is C22H17ClF4N4O2. The predicted molar refractivity (Wildman–Crippen MR) is 116 cm³/mol. The Morgan fingerprint density at radius 1 is 1.12 bits per heavy atom. The molecule has 3 rings (SSSR count). The van der Waals surface area contributed by atoms with Crippen LogP contribution in [0.2, 0.25) is 5.15 Å². The number of aromatic nitrogens is 2. The third-order valence-electron chi connectivity index (χ3n) is 4.56. The van der Waals surface area contributed by atoms with Gasteiger partial charge in [0.15, 0.2) is 0 Å². The molecule has 2 aromatic carbocycles. The molecule has 0 saturated heterocycles. The molecule has 0 aliphatic carbocycles. The fraction of sp³-hybridized carbons (Fsp3) is 0.136. The number of amides is 2. The van der Waals surface area contributed by atoms with Crippen molar-refractivity contribution >= 4 is 40.9 Å². The summed E-state index contributed by atoms with van der Waals surface area (Å²) in [6.45, 7) is 1.67. The summed E-state index contributed by atoms with van der Waals surface area (Å²) in [7, 11) is 1.61. The number of carbonyl (C=O) groups excluding carboxylic acids is 2. The summed E-state index contributed by atoms with van der Waals surface area (Å²) >= 11 is 6.07. The highest BCUT2D eigenvalue weighted by molar-refractivity contribution is 6.31. The largest absolute Gasteiger partial charge is 0.418 e. The molecule has 2 amide bonds. The molecule has 172 valence electrons. The molecule has 0 spiro atoms. The van der Waals surface area contributed by atoms with Crippen molar-refractivity contribution in [3.8, 4) is 0 Å². The maximum absolute atomic E-state index is 13.8. The molecule has 0 radical (unpaired) electrons. The van der Waals surface area contributed by atoms with E-state index >= 15 is 0 Å². The Bertz CT molecular complexity index is 1250. The molecule has 0 fully saturated rings. The molecular weight excluding hydrogens is 464 g/mol. The van der Waals surface area contributed by atoms with E-state index in [0.29, 0.717) is 17.3 Å². The van der Waals surface area contributed by atoms with Gasteiger partial charge in [-0.05, 0) is 43.3 Å². The molecule has 1 aromatic heterocycles. The fourth-order valence-corrected chi connectivity index (χ4v) is 3.22. The zero-order valence-corrected chi connectivity index (χ0v) is 18.1. The molecule has 0 saturated carbocycles. The number of aryl methyl sites for hydroxylation is 2. The van der Waals surface area contributed by atoms with Gasteiger partial charge in [-0.25, -0.2) is 4.39 Å². The fourth-order valence-electron chi connectivity index (χ4n) is 2.98. The lowest BCUT2D eigenvalue weighted by molar-refractivity contribution is -0.136. The maximum Gasteiger partial charge on any atom is 0.418 e. The highest BCUT2D eigenvalue weighted by Gasteiger charge is 2.34. The summed E-state index contributed by atoms with van der Waals surface area (Å²) in [5.74, 6) is -2.56. The zero-order valence-electron chi connectivity index (χ0n) is 17.3. The molecule has 33 heavy (non-hydrogen) atoms. The first-order chi connectivity index (χ1) is 15.5. The molecule has 0 bridgehead atoms. The van der Waals surface area contributed by atoms with Crippen LogP contribution >= 0.6 is 11.6 Å². The lowest BCUT2D eigenvalue weighted by Crippen LogP contribution is -2.17. The van der Waals surface area contributed by atoms with Gasteiger partial charge in [-0.2, -0.15) is 18.3 Å². The number of rotatable bonds is 5. The Kier molecular flexibility index (Phi) is 6.87. The van der Waals surface area contributed by atoms with E-state index in [-0.39, 0.29) is 16.4 Å². The number of alkyl halides is 3. The van der Waals surface area contributed by atoms with Crippen LogP contribution in [0.5, 0.6) is 0 Å². The van der Waals surface area contributed by atoms with Crippen molar-refractivity contribution in [2.24, 2.45) is 7.05 Å². The number of benzene rings is 2. The second-order valence-electron chi connectivity index (χ2n) is 6.93. The summed E-state index contributed by atoms with van der Waals surface area (Å²) in [4.78, 5) is 24.4. The maximum atomic E-state index is 13.8. The van der Waals surface area contributed by atoms with Crippen molar-refractivity contribution in [1.29, 1.82) is 0 Å². The number of carbonyl (C=O) groups is 2. The minimum Gasteiger partial charge on any atom is -0.322 e. The first-order valence-corrected chi connectivity index (χ1v) is 9.80. The van der Waals surface area contributed by atoms with E-state index in [1.165, 1.54) is 29.0 Å². The average molecular weight is 481 g/mol. The van der Waals surface area contributed by atoms with Crippen LogP contribution in [0.4, 0.5) is 28.9 Å². The van der Waals surface area contributed by atoms with Crippen molar-refractivity contribution < 1.29 is 27.2 Å². The van der Waals surface area contributed by atoms with Crippen LogP contribution in [0.25, 0.3) is 6.08 Å². The first kappa shape index (κ1) is 24.0. The van der Waals surface area contributed by atoms with E-state index in [0.717, 1.165) is 24.3 Å². The summed E-state index contributed by atoms with van der Waals surface area (Å²) in [5, 5.41) is 8.73. The molecule has 0 atom stereocenters. The van der Waals surface area contributed by atoms with Crippen LogP contribution in [-0.4, -0.2) is 21.6 Å². The van der Waals surface area contributed by atoms with Crippen molar-refractivity contribution in [3.63, 3.8) is 0 Å². The lowest BCUT2D eigenvalue weighted by Gasteiger charge is -2.15. The molecule has 11 heteroatoms. The van der Waals surface area contributed by atoms with E-state index < -0.39 is 35.1 Å². The predicted octanol–water partition coefficient (Wildman–Crippen LogP) is 5.44. The third-order valence-corrected chi connectivity index (χ3v) is 5.00. The summed E-state index contributed by atoms with van der Waals surface area (Å²) < 4.78 is 55.9. The van der Waals surface area contributed by atoms with Crippen molar-refractivity contribution in [3.05, 3.63) is 81.9 Å². The van der Waals surface area contributed by atoms with Crippen LogP contribution < -0.4 is 10.6 Å². The Hall–Kier alpha value is -3.66. The Morgan fingerprint density at radius 2 is 1.82 bits per heavy atom. The number of nitrogens with zero attached hydrogens (tertiary/aromatic N) is 2. The van der Waals surface area contributed by atoms with Crippen LogP contribution in [0, 0.1) is 12.7 Å². The van der Waals surface area contributed by atoms with Gasteiger partial charge in [0.05, 0.1) is 22.5 Å². The van der Waals surface area contributed by atoms with Gasteiger partial charge in [-0.3, -0.25) is 14.3 Å². The van der Waals surface area contributed by atoms with Gasteiger partial charge in [-0.1, -0.05) is 23.7 Å². The number of nitrogens with one attached hydrogen (secondary N) is 2. The summed E-state index contributed by atoms with van der Waals surface area (Å²) in [6.07, 6.45) is -2.46. The topological polar surface area (TPSA) is 76.0 Å². The first-order valence-electron chi connectivity index (χ1n) is 9.42. The highest BCUT2D eigenvalue weighted by Crippen LogP contribution is 2.37. The van der Waals surface area contributed by atoms with Crippen molar-refractivity contribution in [2.45, 2.75) is 13.1 Å². The molecule has 6 nitrogen and oxygen atoms in total. The zero-order chi connectivity index (χ0) is 24.3.